The molecule has 0 radical (unpaired) electrons. The van der Waals surface area contributed by atoms with Crippen molar-refractivity contribution >= 4 is 17.3 Å². The number of rotatable bonds is 5. The Balaban J connectivity index is 2.20. The maximum absolute atomic E-state index is 6.34. The zero-order valence-corrected chi connectivity index (χ0v) is 13.9. The standard InChI is InChI=1S/C16H23ClN4/c1-11(2)21(9-13-6-5-7-14(18)8-13)10-15-12(3)19-20(4)16(15)17/h5-8,11H,9-10,18H2,1-4H3. The van der Waals surface area contributed by atoms with Crippen LogP contribution in [-0.4, -0.2) is 20.7 Å². The van der Waals surface area contributed by atoms with Crippen LogP contribution in [0, 0.1) is 6.92 Å². The van der Waals surface area contributed by atoms with Crippen molar-refractivity contribution < 1.29 is 0 Å². The van der Waals surface area contributed by atoms with E-state index in [9.17, 15) is 0 Å². The maximum atomic E-state index is 6.34. The van der Waals surface area contributed by atoms with Crippen LogP contribution in [0.5, 0.6) is 0 Å². The fraction of sp³-hybridized carbons (Fsp3) is 0.438. The Hall–Kier alpha value is -1.52. The molecule has 0 atom stereocenters. The van der Waals surface area contributed by atoms with Crippen molar-refractivity contribution in [3.63, 3.8) is 0 Å². The Morgan fingerprint density at radius 2 is 2.05 bits per heavy atom. The Morgan fingerprint density at radius 3 is 2.57 bits per heavy atom. The van der Waals surface area contributed by atoms with Crippen LogP contribution in [0.2, 0.25) is 5.15 Å². The molecule has 0 saturated carbocycles. The van der Waals surface area contributed by atoms with Gasteiger partial charge in [0.2, 0.25) is 0 Å². The monoisotopic (exact) mass is 306 g/mol. The number of nitrogens with zero attached hydrogens (tertiary/aromatic N) is 3. The molecule has 0 unspecified atom stereocenters. The molecule has 4 nitrogen and oxygen atoms in total. The van der Waals surface area contributed by atoms with E-state index in [1.165, 1.54) is 5.56 Å². The number of hydrogen-bond acceptors (Lipinski definition) is 3. The van der Waals surface area contributed by atoms with Crippen LogP contribution in [0.4, 0.5) is 5.69 Å². The lowest BCUT2D eigenvalue weighted by atomic mass is 10.1. The normalized spacial score (nSPS) is 11.6. The van der Waals surface area contributed by atoms with Gasteiger partial charge in [-0.1, -0.05) is 23.7 Å². The first-order valence-electron chi connectivity index (χ1n) is 7.15. The lowest BCUT2D eigenvalue weighted by Crippen LogP contribution is -2.30. The van der Waals surface area contributed by atoms with Crippen LogP contribution in [0.1, 0.15) is 30.7 Å². The third-order valence-corrected chi connectivity index (χ3v) is 4.17. The van der Waals surface area contributed by atoms with E-state index >= 15 is 0 Å². The van der Waals surface area contributed by atoms with E-state index in [1.54, 1.807) is 4.68 Å². The van der Waals surface area contributed by atoms with Gasteiger partial charge in [0.15, 0.2) is 0 Å². The topological polar surface area (TPSA) is 47.1 Å². The summed E-state index contributed by atoms with van der Waals surface area (Å²) in [4.78, 5) is 2.37. The van der Waals surface area contributed by atoms with Gasteiger partial charge in [-0.15, -0.1) is 0 Å². The molecule has 0 aliphatic rings. The SMILES string of the molecule is Cc1nn(C)c(Cl)c1CN(Cc1cccc(N)c1)C(C)C. The number of anilines is 1. The van der Waals surface area contributed by atoms with Crippen LogP contribution < -0.4 is 5.73 Å². The first-order chi connectivity index (χ1) is 9.88. The van der Waals surface area contributed by atoms with Gasteiger partial charge in [0.25, 0.3) is 0 Å². The second-order valence-corrected chi connectivity index (χ2v) is 6.08. The van der Waals surface area contributed by atoms with Crippen molar-refractivity contribution in [1.82, 2.24) is 14.7 Å². The van der Waals surface area contributed by atoms with Crippen LogP contribution >= 0.6 is 11.6 Å². The van der Waals surface area contributed by atoms with Crippen molar-refractivity contribution in [2.24, 2.45) is 7.05 Å². The van der Waals surface area contributed by atoms with E-state index in [2.05, 4.69) is 29.9 Å². The lowest BCUT2D eigenvalue weighted by molar-refractivity contribution is 0.203. The van der Waals surface area contributed by atoms with Crippen molar-refractivity contribution in [1.29, 1.82) is 0 Å². The molecule has 0 spiro atoms. The fourth-order valence-corrected chi connectivity index (χ4v) is 2.64. The molecule has 0 bridgehead atoms. The van der Waals surface area contributed by atoms with E-state index in [4.69, 9.17) is 17.3 Å². The smallest absolute Gasteiger partial charge is 0.131 e. The summed E-state index contributed by atoms with van der Waals surface area (Å²) in [5.74, 6) is 0. The lowest BCUT2D eigenvalue weighted by Gasteiger charge is -2.26. The highest BCUT2D eigenvalue weighted by Crippen LogP contribution is 2.23. The summed E-state index contributed by atoms with van der Waals surface area (Å²) in [5, 5.41) is 5.10. The Kier molecular flexibility index (Phi) is 4.91. The largest absolute Gasteiger partial charge is 0.399 e. The van der Waals surface area contributed by atoms with Gasteiger partial charge in [0.1, 0.15) is 5.15 Å². The highest BCUT2D eigenvalue weighted by molar-refractivity contribution is 6.30. The van der Waals surface area contributed by atoms with Gasteiger partial charge < -0.3 is 5.73 Å². The molecule has 0 fully saturated rings. The molecule has 114 valence electrons. The third-order valence-electron chi connectivity index (χ3n) is 3.70. The highest BCUT2D eigenvalue weighted by Gasteiger charge is 2.17. The summed E-state index contributed by atoms with van der Waals surface area (Å²) in [6.45, 7) is 8.00. The van der Waals surface area contributed by atoms with Crippen molar-refractivity contribution in [2.75, 3.05) is 5.73 Å². The number of aryl methyl sites for hydroxylation is 2. The number of nitrogens with two attached hydrogens (primary N) is 1. The van der Waals surface area contributed by atoms with Crippen LogP contribution in [0.3, 0.4) is 0 Å². The minimum atomic E-state index is 0.405. The zero-order chi connectivity index (χ0) is 15.6. The number of aromatic nitrogens is 2. The fourth-order valence-electron chi connectivity index (χ4n) is 2.40. The molecule has 1 heterocycles. The molecule has 0 saturated heterocycles. The summed E-state index contributed by atoms with van der Waals surface area (Å²) in [7, 11) is 1.87. The second-order valence-electron chi connectivity index (χ2n) is 5.72. The predicted molar refractivity (Wildman–Crippen MR) is 88.2 cm³/mol. The molecule has 1 aromatic heterocycles. The summed E-state index contributed by atoms with van der Waals surface area (Å²) in [6, 6.07) is 8.43. The highest BCUT2D eigenvalue weighted by atomic mass is 35.5. The first kappa shape index (κ1) is 15.9. The average molecular weight is 307 g/mol. The molecular weight excluding hydrogens is 284 g/mol. The Morgan fingerprint density at radius 1 is 1.33 bits per heavy atom. The van der Waals surface area contributed by atoms with E-state index in [-0.39, 0.29) is 0 Å². The van der Waals surface area contributed by atoms with Gasteiger partial charge in [-0.05, 0) is 38.5 Å². The number of hydrogen-bond donors (Lipinski definition) is 1. The maximum Gasteiger partial charge on any atom is 0.131 e. The summed E-state index contributed by atoms with van der Waals surface area (Å²) >= 11 is 6.34. The van der Waals surface area contributed by atoms with Gasteiger partial charge in [-0.3, -0.25) is 9.58 Å². The Labute approximate surface area is 131 Å². The van der Waals surface area contributed by atoms with Crippen molar-refractivity contribution in [3.8, 4) is 0 Å². The van der Waals surface area contributed by atoms with Gasteiger partial charge >= 0.3 is 0 Å². The van der Waals surface area contributed by atoms with Crippen LogP contribution in [0.25, 0.3) is 0 Å². The first-order valence-corrected chi connectivity index (χ1v) is 7.52. The second kappa shape index (κ2) is 6.50. The molecule has 2 N–H and O–H groups in total. The molecule has 0 amide bonds. The van der Waals surface area contributed by atoms with Crippen molar-refractivity contribution in [3.05, 3.63) is 46.2 Å². The summed E-state index contributed by atoms with van der Waals surface area (Å²) in [6.07, 6.45) is 0. The molecule has 21 heavy (non-hydrogen) atoms. The molecule has 1 aromatic carbocycles. The summed E-state index contributed by atoms with van der Waals surface area (Å²) in [5.41, 5.74) is 9.95. The molecule has 0 aliphatic heterocycles. The third kappa shape index (κ3) is 3.77. The van der Waals surface area contributed by atoms with Gasteiger partial charge in [-0.25, -0.2) is 0 Å². The van der Waals surface area contributed by atoms with E-state index in [0.29, 0.717) is 11.2 Å². The molecule has 5 heteroatoms. The van der Waals surface area contributed by atoms with Crippen molar-refractivity contribution in [2.45, 2.75) is 39.9 Å². The van der Waals surface area contributed by atoms with Gasteiger partial charge in [-0.2, -0.15) is 5.10 Å². The van der Waals surface area contributed by atoms with Gasteiger partial charge in [0, 0.05) is 37.4 Å². The molecular formula is C16H23ClN4. The van der Waals surface area contributed by atoms with E-state index in [1.807, 2.05) is 32.2 Å². The zero-order valence-electron chi connectivity index (χ0n) is 13.1. The van der Waals surface area contributed by atoms with Crippen LogP contribution in [-0.2, 0) is 20.1 Å². The molecule has 2 rings (SSSR count). The number of benzene rings is 1. The molecule has 2 aromatic rings. The molecule has 0 aliphatic carbocycles. The minimum absolute atomic E-state index is 0.405. The van der Waals surface area contributed by atoms with E-state index in [0.717, 1.165) is 30.0 Å². The van der Waals surface area contributed by atoms with E-state index < -0.39 is 0 Å². The Bertz CT molecular complexity index is 619. The quantitative estimate of drug-likeness (QED) is 0.862. The number of halogens is 1. The average Bonchev–Trinajstić information content (AvgIpc) is 2.64. The van der Waals surface area contributed by atoms with Gasteiger partial charge in [0.05, 0.1) is 5.69 Å². The number of nitrogen functional groups attached to an aromatic ring is 1. The van der Waals surface area contributed by atoms with Crippen LogP contribution in [0.15, 0.2) is 24.3 Å². The summed E-state index contributed by atoms with van der Waals surface area (Å²) < 4.78 is 1.73. The minimum Gasteiger partial charge on any atom is -0.399 e. The predicted octanol–water partition coefficient (Wildman–Crippen LogP) is 3.37.